The van der Waals surface area contributed by atoms with Crippen molar-refractivity contribution in [2.45, 2.75) is 31.4 Å². The summed E-state index contributed by atoms with van der Waals surface area (Å²) in [5, 5.41) is 2.99. The van der Waals surface area contributed by atoms with E-state index in [0.29, 0.717) is 6.33 Å². The van der Waals surface area contributed by atoms with Crippen LogP contribution in [0.25, 0.3) is 22.6 Å². The highest BCUT2D eigenvalue weighted by Crippen LogP contribution is 2.46. The van der Waals surface area contributed by atoms with E-state index in [-0.39, 0.29) is 33.5 Å². The van der Waals surface area contributed by atoms with Gasteiger partial charge in [-0.3, -0.25) is 0 Å². The monoisotopic (exact) mass is 509 g/mol. The first-order valence-corrected chi connectivity index (χ1v) is 10.6. The van der Waals surface area contributed by atoms with Crippen LogP contribution in [0.3, 0.4) is 0 Å². The first-order chi connectivity index (χ1) is 16.9. The number of anilines is 1. The summed E-state index contributed by atoms with van der Waals surface area (Å²) in [6, 6.07) is 10.6. The van der Waals surface area contributed by atoms with E-state index in [0.717, 1.165) is 17.7 Å². The van der Waals surface area contributed by atoms with Gasteiger partial charge < -0.3 is 9.88 Å². The largest absolute Gasteiger partial charge is 0.418 e. The molecule has 0 amide bonds. The van der Waals surface area contributed by atoms with Gasteiger partial charge in [-0.25, -0.2) is 19.3 Å². The van der Waals surface area contributed by atoms with Gasteiger partial charge in [0.2, 0.25) is 12.0 Å². The molecular weight excluding hydrogens is 491 g/mol. The minimum atomic E-state index is -5.68. The van der Waals surface area contributed by atoms with Crippen LogP contribution in [0.2, 0.25) is 0 Å². The molecule has 36 heavy (non-hydrogen) atoms. The summed E-state index contributed by atoms with van der Waals surface area (Å²) in [5.74, 6) is -0.649. The van der Waals surface area contributed by atoms with Gasteiger partial charge in [-0.05, 0) is 42.8 Å². The van der Waals surface area contributed by atoms with E-state index in [1.807, 2.05) is 30.3 Å². The number of aromatic nitrogens is 4. The van der Waals surface area contributed by atoms with Crippen LogP contribution in [0, 0.1) is 5.82 Å². The fourth-order valence-corrected chi connectivity index (χ4v) is 3.71. The first kappa shape index (κ1) is 25.1. The molecule has 5 nitrogen and oxygen atoms in total. The van der Waals surface area contributed by atoms with Crippen molar-refractivity contribution in [1.82, 2.24) is 19.5 Å². The lowest BCUT2D eigenvalue weighted by Gasteiger charge is -2.26. The van der Waals surface area contributed by atoms with E-state index >= 15 is 0 Å². The highest BCUT2D eigenvalue weighted by atomic mass is 19.4. The predicted octanol–water partition coefficient (Wildman–Crippen LogP) is 6.99. The summed E-state index contributed by atoms with van der Waals surface area (Å²) in [7, 11) is 0. The molecule has 0 saturated carbocycles. The summed E-state index contributed by atoms with van der Waals surface area (Å²) in [6.45, 7) is 1.79. The zero-order chi connectivity index (χ0) is 26.1. The number of nitrogens with one attached hydrogen (secondary N) is 1. The third-order valence-corrected chi connectivity index (χ3v) is 5.35. The molecule has 1 atom stereocenters. The van der Waals surface area contributed by atoms with Crippen molar-refractivity contribution < 1.29 is 30.7 Å². The molecule has 12 heteroatoms. The van der Waals surface area contributed by atoms with E-state index in [1.54, 1.807) is 6.92 Å². The van der Waals surface area contributed by atoms with Gasteiger partial charge in [0.05, 0.1) is 29.5 Å². The summed E-state index contributed by atoms with van der Waals surface area (Å²) in [6.07, 6.45) is -9.68. The topological polar surface area (TPSA) is 55.6 Å². The number of nitrogens with zero attached hydrogens (tertiary/aromatic N) is 4. The SMILES string of the molecule is C[C@H](Nc1nccc(-c2c(-c3ccc(F)cc3)ncn2C(C(F)(F)F)C(F)(F)F)n1)c1ccccc1. The molecule has 0 aliphatic heterocycles. The number of rotatable bonds is 6. The molecule has 1 N–H and O–H groups in total. The van der Waals surface area contributed by atoms with E-state index in [2.05, 4.69) is 20.3 Å². The quantitative estimate of drug-likeness (QED) is 0.285. The highest BCUT2D eigenvalue weighted by Gasteiger charge is 2.58. The smallest absolute Gasteiger partial charge is 0.348 e. The van der Waals surface area contributed by atoms with E-state index in [4.69, 9.17) is 0 Å². The number of benzene rings is 2. The number of hydrogen-bond acceptors (Lipinski definition) is 4. The molecular formula is C24H18F7N5. The Balaban J connectivity index is 1.85. The summed E-state index contributed by atoms with van der Waals surface area (Å²) < 4.78 is 95.3. The Bertz CT molecular complexity index is 1300. The van der Waals surface area contributed by atoms with Crippen LogP contribution < -0.4 is 5.32 Å². The first-order valence-electron chi connectivity index (χ1n) is 10.6. The fourth-order valence-electron chi connectivity index (χ4n) is 3.71. The Morgan fingerprint density at radius 2 is 1.47 bits per heavy atom. The van der Waals surface area contributed by atoms with Gasteiger partial charge in [0, 0.05) is 11.8 Å². The van der Waals surface area contributed by atoms with Crippen molar-refractivity contribution in [3.8, 4) is 22.6 Å². The maximum absolute atomic E-state index is 13.6. The normalized spacial score (nSPS) is 13.1. The van der Waals surface area contributed by atoms with Crippen LogP contribution in [0.1, 0.15) is 24.6 Å². The van der Waals surface area contributed by atoms with Gasteiger partial charge in [-0.2, -0.15) is 26.3 Å². The van der Waals surface area contributed by atoms with E-state index < -0.39 is 29.9 Å². The molecule has 0 saturated heterocycles. The lowest BCUT2D eigenvalue weighted by atomic mass is 10.1. The third-order valence-electron chi connectivity index (χ3n) is 5.35. The average molecular weight is 509 g/mol. The van der Waals surface area contributed by atoms with Gasteiger partial charge in [0.15, 0.2) is 0 Å². The fraction of sp³-hybridized carbons (Fsp3) is 0.208. The second kappa shape index (κ2) is 9.59. The lowest BCUT2D eigenvalue weighted by Crippen LogP contribution is -2.38. The van der Waals surface area contributed by atoms with Crippen molar-refractivity contribution in [2.24, 2.45) is 0 Å². The Kier molecular flexibility index (Phi) is 6.70. The Morgan fingerprint density at radius 1 is 0.833 bits per heavy atom. The zero-order valence-corrected chi connectivity index (χ0v) is 18.5. The number of alkyl halides is 6. The number of imidazole rings is 1. The van der Waals surface area contributed by atoms with Crippen LogP contribution in [-0.4, -0.2) is 31.9 Å². The Labute approximate surface area is 200 Å². The van der Waals surface area contributed by atoms with Crippen molar-refractivity contribution in [1.29, 1.82) is 0 Å². The molecule has 2 heterocycles. The minimum Gasteiger partial charge on any atom is -0.348 e. The molecule has 0 bridgehead atoms. The van der Waals surface area contributed by atoms with Crippen molar-refractivity contribution in [3.63, 3.8) is 0 Å². The lowest BCUT2D eigenvalue weighted by molar-refractivity contribution is -0.273. The summed E-state index contributed by atoms with van der Waals surface area (Å²) in [5.41, 5.74) is -0.0341. The second-order valence-electron chi connectivity index (χ2n) is 7.88. The van der Waals surface area contributed by atoms with Gasteiger partial charge in [0.1, 0.15) is 5.82 Å². The average Bonchev–Trinajstić information content (AvgIpc) is 3.22. The molecule has 4 rings (SSSR count). The molecule has 2 aromatic carbocycles. The van der Waals surface area contributed by atoms with Gasteiger partial charge in [-0.15, -0.1) is 0 Å². The van der Waals surface area contributed by atoms with Crippen LogP contribution in [0.5, 0.6) is 0 Å². The van der Waals surface area contributed by atoms with Gasteiger partial charge >= 0.3 is 12.4 Å². The van der Waals surface area contributed by atoms with Crippen molar-refractivity contribution in [3.05, 3.63) is 84.6 Å². The molecule has 0 aliphatic rings. The molecule has 2 aromatic heterocycles. The summed E-state index contributed by atoms with van der Waals surface area (Å²) >= 11 is 0. The standard InChI is InChI=1S/C24H18F7N5/c1-14(15-5-3-2-4-6-15)34-22-32-12-11-18(35-22)20-19(16-7-9-17(25)10-8-16)33-13-36(20)21(23(26,27)28)24(29,30)31/h2-14,21H,1H3,(H,32,34,35)/t14-/m0/s1. The molecule has 0 unspecified atom stereocenters. The number of hydrogen-bond donors (Lipinski definition) is 1. The second-order valence-corrected chi connectivity index (χ2v) is 7.88. The molecule has 188 valence electrons. The summed E-state index contributed by atoms with van der Waals surface area (Å²) in [4.78, 5) is 12.1. The number of halogens is 7. The van der Waals surface area contributed by atoms with E-state index in [9.17, 15) is 30.7 Å². The Hall–Kier alpha value is -3.96. The van der Waals surface area contributed by atoms with E-state index in [1.165, 1.54) is 24.4 Å². The third kappa shape index (κ3) is 5.31. The van der Waals surface area contributed by atoms with Gasteiger partial charge in [0.25, 0.3) is 0 Å². The van der Waals surface area contributed by atoms with Crippen LogP contribution in [0.15, 0.2) is 73.2 Å². The highest BCUT2D eigenvalue weighted by molar-refractivity contribution is 5.77. The van der Waals surface area contributed by atoms with Crippen LogP contribution in [-0.2, 0) is 0 Å². The van der Waals surface area contributed by atoms with Crippen LogP contribution in [0.4, 0.5) is 36.7 Å². The van der Waals surface area contributed by atoms with Crippen LogP contribution >= 0.6 is 0 Å². The Morgan fingerprint density at radius 3 is 2.08 bits per heavy atom. The zero-order valence-electron chi connectivity index (χ0n) is 18.5. The maximum Gasteiger partial charge on any atom is 0.418 e. The van der Waals surface area contributed by atoms with Crippen molar-refractivity contribution >= 4 is 5.95 Å². The predicted molar refractivity (Wildman–Crippen MR) is 118 cm³/mol. The van der Waals surface area contributed by atoms with Crippen molar-refractivity contribution in [2.75, 3.05) is 5.32 Å². The molecule has 0 aliphatic carbocycles. The molecule has 0 fully saturated rings. The minimum absolute atomic E-state index is 0.00850. The van der Waals surface area contributed by atoms with Gasteiger partial charge in [-0.1, -0.05) is 30.3 Å². The maximum atomic E-state index is 13.6. The molecule has 0 spiro atoms. The molecule has 4 aromatic rings. The molecule has 0 radical (unpaired) electrons.